The van der Waals surface area contributed by atoms with Crippen molar-refractivity contribution in [1.29, 1.82) is 0 Å². The Morgan fingerprint density at radius 1 is 1.17 bits per heavy atom. The number of anilines is 1. The predicted molar refractivity (Wildman–Crippen MR) is 90.7 cm³/mol. The van der Waals surface area contributed by atoms with Crippen molar-refractivity contribution in [3.8, 4) is 11.5 Å². The largest absolute Gasteiger partial charge is 0.497 e. The number of carbonyl (C=O) groups excluding carboxylic acids is 1. The quantitative estimate of drug-likeness (QED) is 0.877. The normalized spacial score (nSPS) is 13.0. The highest BCUT2D eigenvalue weighted by Gasteiger charge is 2.08. The maximum Gasteiger partial charge on any atom is 0.248 e. The standard InChI is InChI=1S/C19H17NO3/c1-22-17-9-7-16(8-10-17)20-19(21)11-6-14-12-15-4-2-3-5-18(15)23-13-14/h2-12H,13H2,1H3,(H,20,21)/b11-6+. The van der Waals surface area contributed by atoms with E-state index in [1.807, 2.05) is 30.3 Å². The van der Waals surface area contributed by atoms with Gasteiger partial charge in [-0.15, -0.1) is 0 Å². The third kappa shape index (κ3) is 3.80. The molecule has 1 heterocycles. The molecule has 1 aliphatic heterocycles. The zero-order valence-electron chi connectivity index (χ0n) is 12.8. The zero-order valence-corrected chi connectivity index (χ0v) is 12.8. The first kappa shape index (κ1) is 14.9. The molecule has 2 aromatic rings. The van der Waals surface area contributed by atoms with Gasteiger partial charge in [0.15, 0.2) is 0 Å². The minimum atomic E-state index is -0.185. The Kier molecular flexibility index (Phi) is 4.43. The van der Waals surface area contributed by atoms with Crippen molar-refractivity contribution in [2.24, 2.45) is 0 Å². The predicted octanol–water partition coefficient (Wildman–Crippen LogP) is 3.67. The fraction of sp³-hybridized carbons (Fsp3) is 0.105. The first-order chi connectivity index (χ1) is 11.2. The molecule has 0 spiro atoms. The average molecular weight is 307 g/mol. The summed E-state index contributed by atoms with van der Waals surface area (Å²) in [5.41, 5.74) is 2.70. The van der Waals surface area contributed by atoms with Crippen molar-refractivity contribution in [3.05, 3.63) is 71.8 Å². The maximum atomic E-state index is 12.0. The maximum absolute atomic E-state index is 12.0. The molecule has 0 bridgehead atoms. The lowest BCUT2D eigenvalue weighted by Gasteiger charge is -2.15. The van der Waals surface area contributed by atoms with E-state index < -0.39 is 0 Å². The van der Waals surface area contributed by atoms with E-state index in [9.17, 15) is 4.79 Å². The monoisotopic (exact) mass is 307 g/mol. The van der Waals surface area contributed by atoms with Gasteiger partial charge in [0, 0.05) is 17.3 Å². The molecule has 0 atom stereocenters. The molecule has 0 saturated carbocycles. The van der Waals surface area contributed by atoms with Gasteiger partial charge >= 0.3 is 0 Å². The van der Waals surface area contributed by atoms with Crippen LogP contribution in [0, 0.1) is 0 Å². The van der Waals surface area contributed by atoms with E-state index in [1.165, 1.54) is 6.08 Å². The van der Waals surface area contributed by atoms with Crippen LogP contribution >= 0.6 is 0 Å². The Labute approximate surface area is 135 Å². The van der Waals surface area contributed by atoms with Crippen LogP contribution in [-0.4, -0.2) is 19.6 Å². The highest BCUT2D eigenvalue weighted by atomic mass is 16.5. The van der Waals surface area contributed by atoms with Gasteiger partial charge in [-0.2, -0.15) is 0 Å². The van der Waals surface area contributed by atoms with E-state index in [0.717, 1.165) is 28.3 Å². The van der Waals surface area contributed by atoms with Gasteiger partial charge in [-0.25, -0.2) is 0 Å². The third-order valence-electron chi connectivity index (χ3n) is 3.46. The summed E-state index contributed by atoms with van der Waals surface area (Å²) in [7, 11) is 1.61. The second kappa shape index (κ2) is 6.83. The molecule has 116 valence electrons. The van der Waals surface area contributed by atoms with Crippen LogP contribution in [0.1, 0.15) is 5.56 Å². The molecule has 0 unspecified atom stereocenters. The molecule has 0 aliphatic carbocycles. The van der Waals surface area contributed by atoms with Crippen molar-refractivity contribution >= 4 is 17.7 Å². The van der Waals surface area contributed by atoms with Crippen LogP contribution < -0.4 is 14.8 Å². The van der Waals surface area contributed by atoms with E-state index in [2.05, 4.69) is 5.32 Å². The van der Waals surface area contributed by atoms with E-state index in [-0.39, 0.29) is 5.91 Å². The number of rotatable bonds is 4. The van der Waals surface area contributed by atoms with Crippen LogP contribution in [0.2, 0.25) is 0 Å². The molecule has 0 radical (unpaired) electrons. The fourth-order valence-corrected chi connectivity index (χ4v) is 2.27. The molecule has 4 nitrogen and oxygen atoms in total. The van der Waals surface area contributed by atoms with E-state index in [1.54, 1.807) is 37.5 Å². The van der Waals surface area contributed by atoms with Crippen LogP contribution in [0.25, 0.3) is 6.08 Å². The van der Waals surface area contributed by atoms with E-state index in [4.69, 9.17) is 9.47 Å². The number of hydrogen-bond acceptors (Lipinski definition) is 3. The lowest BCUT2D eigenvalue weighted by molar-refractivity contribution is -0.111. The Bertz CT molecular complexity index is 760. The summed E-state index contributed by atoms with van der Waals surface area (Å²) < 4.78 is 10.7. The number of ether oxygens (including phenoxy) is 2. The molecule has 4 heteroatoms. The number of nitrogens with one attached hydrogen (secondary N) is 1. The van der Waals surface area contributed by atoms with Gasteiger partial charge in [-0.05, 0) is 42.0 Å². The number of hydrogen-bond donors (Lipinski definition) is 1. The van der Waals surface area contributed by atoms with Gasteiger partial charge in [0.05, 0.1) is 7.11 Å². The number of benzene rings is 2. The van der Waals surface area contributed by atoms with Gasteiger partial charge in [-0.3, -0.25) is 4.79 Å². The second-order valence-electron chi connectivity index (χ2n) is 5.10. The number of methoxy groups -OCH3 is 1. The highest BCUT2D eigenvalue weighted by molar-refractivity contribution is 5.99. The first-order valence-electron chi connectivity index (χ1n) is 7.30. The summed E-state index contributed by atoms with van der Waals surface area (Å²) in [4.78, 5) is 12.0. The summed E-state index contributed by atoms with van der Waals surface area (Å²) in [6, 6.07) is 15.0. The fourth-order valence-electron chi connectivity index (χ4n) is 2.27. The number of amides is 1. The van der Waals surface area contributed by atoms with Crippen LogP contribution in [-0.2, 0) is 4.79 Å². The van der Waals surface area contributed by atoms with Gasteiger partial charge in [0.1, 0.15) is 18.1 Å². The lowest BCUT2D eigenvalue weighted by Crippen LogP contribution is -2.09. The second-order valence-corrected chi connectivity index (χ2v) is 5.10. The van der Waals surface area contributed by atoms with Crippen LogP contribution in [0.3, 0.4) is 0 Å². The smallest absolute Gasteiger partial charge is 0.248 e. The van der Waals surface area contributed by atoms with Crippen LogP contribution in [0.4, 0.5) is 5.69 Å². The summed E-state index contributed by atoms with van der Waals surface area (Å²) in [5.74, 6) is 1.43. The molecular weight excluding hydrogens is 290 g/mol. The molecule has 0 saturated heterocycles. The highest BCUT2D eigenvalue weighted by Crippen LogP contribution is 2.26. The van der Waals surface area contributed by atoms with Crippen LogP contribution in [0.5, 0.6) is 11.5 Å². The first-order valence-corrected chi connectivity index (χ1v) is 7.30. The number of fused-ring (bicyclic) bond motifs is 1. The lowest BCUT2D eigenvalue weighted by atomic mass is 10.1. The molecule has 0 aromatic heterocycles. The van der Waals surface area contributed by atoms with Crippen molar-refractivity contribution in [2.75, 3.05) is 19.0 Å². The van der Waals surface area contributed by atoms with Gasteiger partial charge in [0.2, 0.25) is 5.91 Å². The van der Waals surface area contributed by atoms with Crippen LogP contribution in [0.15, 0.2) is 66.3 Å². The number of para-hydroxylation sites is 1. The third-order valence-corrected chi connectivity index (χ3v) is 3.46. The molecule has 23 heavy (non-hydrogen) atoms. The molecule has 3 rings (SSSR count). The minimum Gasteiger partial charge on any atom is -0.497 e. The van der Waals surface area contributed by atoms with E-state index >= 15 is 0 Å². The average Bonchev–Trinajstić information content (AvgIpc) is 2.60. The Balaban J connectivity index is 1.63. The van der Waals surface area contributed by atoms with Crippen molar-refractivity contribution in [2.45, 2.75) is 0 Å². The molecule has 1 aliphatic rings. The Morgan fingerprint density at radius 3 is 2.74 bits per heavy atom. The number of carbonyl (C=O) groups is 1. The van der Waals surface area contributed by atoms with E-state index in [0.29, 0.717) is 6.61 Å². The molecule has 0 fully saturated rings. The SMILES string of the molecule is COc1ccc(NC(=O)/C=C/C2=Cc3ccccc3OC2)cc1. The topological polar surface area (TPSA) is 47.6 Å². The summed E-state index contributed by atoms with van der Waals surface area (Å²) in [6.45, 7) is 0.462. The minimum absolute atomic E-state index is 0.185. The molecule has 1 N–H and O–H groups in total. The zero-order chi connectivity index (χ0) is 16.1. The molecular formula is C19H17NO3. The van der Waals surface area contributed by atoms with Gasteiger partial charge < -0.3 is 14.8 Å². The summed E-state index contributed by atoms with van der Waals surface area (Å²) >= 11 is 0. The Hall–Kier alpha value is -3.01. The van der Waals surface area contributed by atoms with Gasteiger partial charge in [-0.1, -0.05) is 24.3 Å². The van der Waals surface area contributed by atoms with Gasteiger partial charge in [0.25, 0.3) is 0 Å². The van der Waals surface area contributed by atoms with Crippen molar-refractivity contribution in [1.82, 2.24) is 0 Å². The molecule has 1 amide bonds. The summed E-state index contributed by atoms with van der Waals surface area (Å²) in [5, 5.41) is 2.80. The summed E-state index contributed by atoms with van der Waals surface area (Å²) in [6.07, 6.45) is 5.30. The molecule has 2 aromatic carbocycles. The van der Waals surface area contributed by atoms with Crippen molar-refractivity contribution in [3.63, 3.8) is 0 Å². The Morgan fingerprint density at radius 2 is 1.96 bits per heavy atom. The van der Waals surface area contributed by atoms with Crippen molar-refractivity contribution < 1.29 is 14.3 Å².